The Kier molecular flexibility index (Phi) is 4.76. The van der Waals surface area contributed by atoms with E-state index in [1.54, 1.807) is 5.56 Å². The molecule has 1 aromatic heterocycles. The van der Waals surface area contributed by atoms with Crippen LogP contribution in [0.15, 0.2) is 42.7 Å². The Morgan fingerprint density at radius 2 is 2.00 bits per heavy atom. The highest BCUT2D eigenvalue weighted by Gasteiger charge is 2.19. The zero-order valence-corrected chi connectivity index (χ0v) is 13.0. The highest BCUT2D eigenvalue weighted by atomic mass is 15.0. The van der Waals surface area contributed by atoms with Gasteiger partial charge in [0, 0.05) is 25.0 Å². The number of nitrogens with one attached hydrogen (secondary N) is 1. The SMILES string of the molecule is CCCNC1CCCCc2cn(Cc3ccccc3)cc21. The Morgan fingerprint density at radius 3 is 2.81 bits per heavy atom. The summed E-state index contributed by atoms with van der Waals surface area (Å²) in [6, 6.07) is 11.3. The molecule has 0 spiro atoms. The average molecular weight is 282 g/mol. The molecule has 21 heavy (non-hydrogen) atoms. The van der Waals surface area contributed by atoms with Crippen LogP contribution < -0.4 is 5.32 Å². The first-order valence-corrected chi connectivity index (χ1v) is 8.32. The molecule has 0 amide bonds. The van der Waals surface area contributed by atoms with Gasteiger partial charge in [-0.1, -0.05) is 43.7 Å². The highest BCUT2D eigenvalue weighted by molar-refractivity contribution is 5.30. The van der Waals surface area contributed by atoms with E-state index < -0.39 is 0 Å². The lowest BCUT2D eigenvalue weighted by atomic mass is 10.0. The average Bonchev–Trinajstić information content (AvgIpc) is 2.81. The van der Waals surface area contributed by atoms with Crippen molar-refractivity contribution in [1.29, 1.82) is 0 Å². The minimum Gasteiger partial charge on any atom is -0.349 e. The normalized spacial score (nSPS) is 18.2. The maximum atomic E-state index is 3.73. The van der Waals surface area contributed by atoms with Crippen molar-refractivity contribution in [2.45, 2.75) is 51.6 Å². The van der Waals surface area contributed by atoms with Crippen LogP contribution in [0, 0.1) is 0 Å². The van der Waals surface area contributed by atoms with Crippen molar-refractivity contribution in [3.05, 3.63) is 59.4 Å². The number of hydrogen-bond acceptors (Lipinski definition) is 1. The van der Waals surface area contributed by atoms with Gasteiger partial charge >= 0.3 is 0 Å². The Morgan fingerprint density at radius 1 is 1.14 bits per heavy atom. The van der Waals surface area contributed by atoms with Crippen LogP contribution in [0.2, 0.25) is 0 Å². The van der Waals surface area contributed by atoms with E-state index in [2.05, 4.69) is 59.5 Å². The first kappa shape index (κ1) is 14.4. The van der Waals surface area contributed by atoms with Gasteiger partial charge in [0.2, 0.25) is 0 Å². The summed E-state index contributed by atoms with van der Waals surface area (Å²) in [6.07, 6.45) is 11.1. The number of aryl methyl sites for hydroxylation is 1. The zero-order valence-electron chi connectivity index (χ0n) is 13.0. The Labute approximate surface area is 128 Å². The number of nitrogens with zero attached hydrogens (tertiary/aromatic N) is 1. The Hall–Kier alpha value is -1.54. The lowest BCUT2D eigenvalue weighted by Gasteiger charge is -2.16. The quantitative estimate of drug-likeness (QED) is 0.809. The van der Waals surface area contributed by atoms with Crippen LogP contribution in [0.25, 0.3) is 0 Å². The summed E-state index contributed by atoms with van der Waals surface area (Å²) in [5.41, 5.74) is 4.47. The first-order valence-electron chi connectivity index (χ1n) is 8.32. The van der Waals surface area contributed by atoms with Gasteiger partial charge in [0.25, 0.3) is 0 Å². The smallest absolute Gasteiger partial charge is 0.0470 e. The number of benzene rings is 1. The molecule has 0 bridgehead atoms. The van der Waals surface area contributed by atoms with Gasteiger partial charge in [0.05, 0.1) is 0 Å². The van der Waals surface area contributed by atoms with Crippen molar-refractivity contribution in [2.75, 3.05) is 6.54 Å². The van der Waals surface area contributed by atoms with Crippen LogP contribution in [0.1, 0.15) is 55.3 Å². The highest BCUT2D eigenvalue weighted by Crippen LogP contribution is 2.29. The maximum absolute atomic E-state index is 3.73. The first-order chi connectivity index (χ1) is 10.4. The zero-order chi connectivity index (χ0) is 14.5. The molecule has 1 N–H and O–H groups in total. The third kappa shape index (κ3) is 3.56. The van der Waals surface area contributed by atoms with Crippen molar-refractivity contribution in [3.8, 4) is 0 Å². The van der Waals surface area contributed by atoms with E-state index in [1.807, 2.05) is 0 Å². The minimum absolute atomic E-state index is 0.555. The van der Waals surface area contributed by atoms with Crippen LogP contribution >= 0.6 is 0 Å². The van der Waals surface area contributed by atoms with Gasteiger partial charge < -0.3 is 9.88 Å². The summed E-state index contributed by atoms with van der Waals surface area (Å²) >= 11 is 0. The molecule has 112 valence electrons. The van der Waals surface area contributed by atoms with Crippen molar-refractivity contribution in [3.63, 3.8) is 0 Å². The summed E-state index contributed by atoms with van der Waals surface area (Å²) in [5, 5.41) is 3.73. The Balaban J connectivity index is 1.79. The van der Waals surface area contributed by atoms with E-state index in [1.165, 1.54) is 43.2 Å². The minimum atomic E-state index is 0.555. The molecule has 1 aliphatic rings. The molecule has 0 saturated carbocycles. The van der Waals surface area contributed by atoms with Crippen LogP contribution in [-0.2, 0) is 13.0 Å². The predicted octanol–water partition coefficient (Wildman–Crippen LogP) is 4.30. The number of fused-ring (bicyclic) bond motifs is 1. The molecule has 1 aromatic carbocycles. The summed E-state index contributed by atoms with van der Waals surface area (Å²) in [7, 11) is 0. The van der Waals surface area contributed by atoms with Gasteiger partial charge in [-0.25, -0.2) is 0 Å². The summed E-state index contributed by atoms with van der Waals surface area (Å²) < 4.78 is 2.37. The molecule has 0 aliphatic heterocycles. The Bertz CT molecular complexity index is 556. The lowest BCUT2D eigenvalue weighted by molar-refractivity contribution is 0.488. The van der Waals surface area contributed by atoms with E-state index >= 15 is 0 Å². The molecule has 3 rings (SSSR count). The predicted molar refractivity (Wildman–Crippen MR) is 88.6 cm³/mol. The molecule has 1 aliphatic carbocycles. The molecule has 0 saturated heterocycles. The topological polar surface area (TPSA) is 17.0 Å². The molecule has 0 fully saturated rings. The third-order valence-electron chi connectivity index (χ3n) is 4.41. The molecule has 1 unspecified atom stereocenters. The fourth-order valence-corrected chi connectivity index (χ4v) is 3.33. The fourth-order valence-electron chi connectivity index (χ4n) is 3.33. The van der Waals surface area contributed by atoms with Gasteiger partial charge in [-0.2, -0.15) is 0 Å². The van der Waals surface area contributed by atoms with E-state index in [0.29, 0.717) is 6.04 Å². The van der Waals surface area contributed by atoms with Crippen molar-refractivity contribution in [2.24, 2.45) is 0 Å². The van der Waals surface area contributed by atoms with Gasteiger partial charge in [-0.15, -0.1) is 0 Å². The van der Waals surface area contributed by atoms with E-state index in [9.17, 15) is 0 Å². The van der Waals surface area contributed by atoms with E-state index in [4.69, 9.17) is 0 Å². The van der Waals surface area contributed by atoms with E-state index in [0.717, 1.165) is 13.1 Å². The van der Waals surface area contributed by atoms with Gasteiger partial charge in [-0.3, -0.25) is 0 Å². The fraction of sp³-hybridized carbons (Fsp3) is 0.474. The second-order valence-electron chi connectivity index (χ2n) is 6.15. The third-order valence-corrected chi connectivity index (χ3v) is 4.41. The number of rotatable bonds is 5. The summed E-state index contributed by atoms with van der Waals surface area (Å²) in [5.74, 6) is 0. The molecular weight excluding hydrogens is 256 g/mol. The second-order valence-corrected chi connectivity index (χ2v) is 6.15. The molecule has 2 nitrogen and oxygen atoms in total. The van der Waals surface area contributed by atoms with Crippen LogP contribution in [0.5, 0.6) is 0 Å². The van der Waals surface area contributed by atoms with Crippen LogP contribution in [0.4, 0.5) is 0 Å². The van der Waals surface area contributed by atoms with E-state index in [-0.39, 0.29) is 0 Å². The summed E-state index contributed by atoms with van der Waals surface area (Å²) in [6.45, 7) is 4.34. The maximum Gasteiger partial charge on any atom is 0.0470 e. The molecule has 1 atom stereocenters. The second kappa shape index (κ2) is 6.95. The van der Waals surface area contributed by atoms with Crippen LogP contribution in [-0.4, -0.2) is 11.1 Å². The molecule has 1 heterocycles. The standard InChI is InChI=1S/C19H26N2/c1-2-12-20-19-11-7-6-10-17-14-21(15-18(17)19)13-16-8-4-3-5-9-16/h3-5,8-9,14-15,19-20H,2,6-7,10-13H2,1H3. The van der Waals surface area contributed by atoms with Gasteiger partial charge in [0.1, 0.15) is 0 Å². The molecular formula is C19H26N2. The lowest BCUT2D eigenvalue weighted by Crippen LogP contribution is -2.21. The largest absolute Gasteiger partial charge is 0.349 e. The van der Waals surface area contributed by atoms with Crippen LogP contribution in [0.3, 0.4) is 0 Å². The van der Waals surface area contributed by atoms with Gasteiger partial charge in [0.15, 0.2) is 0 Å². The van der Waals surface area contributed by atoms with Crippen molar-refractivity contribution in [1.82, 2.24) is 9.88 Å². The number of aromatic nitrogens is 1. The van der Waals surface area contributed by atoms with Crippen molar-refractivity contribution >= 4 is 0 Å². The number of hydrogen-bond donors (Lipinski definition) is 1. The molecule has 2 aromatic rings. The monoisotopic (exact) mass is 282 g/mol. The summed E-state index contributed by atoms with van der Waals surface area (Å²) in [4.78, 5) is 0. The van der Waals surface area contributed by atoms with Crippen molar-refractivity contribution < 1.29 is 0 Å². The molecule has 0 radical (unpaired) electrons. The van der Waals surface area contributed by atoms with Gasteiger partial charge in [-0.05, 0) is 48.9 Å². The molecule has 2 heteroatoms.